The van der Waals surface area contributed by atoms with Crippen LogP contribution in [0.25, 0.3) is 0 Å². The topological polar surface area (TPSA) is 104 Å². The van der Waals surface area contributed by atoms with Crippen LogP contribution in [0.2, 0.25) is 23.2 Å². The lowest BCUT2D eigenvalue weighted by Gasteiger charge is -2.36. The maximum atomic E-state index is 13.5. The summed E-state index contributed by atoms with van der Waals surface area (Å²) in [6.45, 7) is 13.1. The van der Waals surface area contributed by atoms with Crippen LogP contribution in [0.15, 0.2) is 18.3 Å². The van der Waals surface area contributed by atoms with Gasteiger partial charge in [0.2, 0.25) is 6.29 Å². The molecule has 0 aromatic carbocycles. The molecular formula is C28H41ClN4O6Si. The van der Waals surface area contributed by atoms with E-state index in [1.165, 1.54) is 6.20 Å². The largest absolute Gasteiger partial charge is 0.486 e. The number of amides is 2. The number of nitrogens with zero attached hydrogens (tertiary/aromatic N) is 3. The SMILES string of the molecule is COC(OC)c1nc2c(cc1CO[Si](C)(C)C(C)(C)C)CCCN2C(=O)Nc1cc(O[C@H]2CCOC2)c(Cl)cn1. The van der Waals surface area contributed by atoms with E-state index in [-0.39, 0.29) is 17.2 Å². The number of halogens is 1. The van der Waals surface area contributed by atoms with E-state index in [4.69, 9.17) is 40.0 Å². The molecule has 0 saturated carbocycles. The van der Waals surface area contributed by atoms with Gasteiger partial charge in [0, 0.05) is 38.8 Å². The Hall–Kier alpha value is -2.28. The van der Waals surface area contributed by atoms with Gasteiger partial charge >= 0.3 is 6.03 Å². The summed E-state index contributed by atoms with van der Waals surface area (Å²) in [6.07, 6.45) is 3.07. The van der Waals surface area contributed by atoms with E-state index in [0.717, 1.165) is 30.4 Å². The predicted molar refractivity (Wildman–Crippen MR) is 157 cm³/mol. The summed E-state index contributed by atoms with van der Waals surface area (Å²) in [5.74, 6) is 1.36. The van der Waals surface area contributed by atoms with Crippen molar-refractivity contribution < 1.29 is 28.2 Å². The van der Waals surface area contributed by atoms with E-state index < -0.39 is 14.6 Å². The molecule has 2 aromatic rings. The molecule has 1 atom stereocenters. The van der Waals surface area contributed by atoms with Gasteiger partial charge in [0.1, 0.15) is 34.2 Å². The van der Waals surface area contributed by atoms with E-state index in [9.17, 15) is 4.79 Å². The first-order valence-corrected chi connectivity index (χ1v) is 16.9. The summed E-state index contributed by atoms with van der Waals surface area (Å²) in [5, 5.41) is 3.32. The van der Waals surface area contributed by atoms with Crippen LogP contribution in [0.1, 0.15) is 56.7 Å². The minimum Gasteiger partial charge on any atom is -0.486 e. The highest BCUT2D eigenvalue weighted by molar-refractivity contribution is 6.74. The Labute approximate surface area is 242 Å². The molecule has 12 heteroatoms. The first kappa shape index (κ1) is 30.7. The van der Waals surface area contributed by atoms with Gasteiger partial charge in [0.15, 0.2) is 8.32 Å². The van der Waals surface area contributed by atoms with Gasteiger partial charge in [-0.2, -0.15) is 0 Å². The standard InChI is InChI=1S/C28H41ClN4O6Si/c1-28(2,3)40(6,7)38-16-19-13-18-9-8-11-33(25(18)32-24(19)26(35-4)36-5)27(34)31-23-14-22(21(29)15-30-23)39-20-10-12-37-17-20/h13-15,20,26H,8-12,16-17H2,1-7H3,(H,30,31,34)/t20-/m0/s1. The normalized spacial score (nSPS) is 17.7. The van der Waals surface area contributed by atoms with Crippen molar-refractivity contribution in [2.24, 2.45) is 0 Å². The molecular weight excluding hydrogens is 552 g/mol. The quantitative estimate of drug-likeness (QED) is 0.275. The van der Waals surface area contributed by atoms with Crippen LogP contribution in [-0.4, -0.2) is 64.4 Å². The summed E-state index contributed by atoms with van der Waals surface area (Å²) in [4.78, 5) is 24.3. The number of carbonyl (C=O) groups is 1. The molecule has 0 radical (unpaired) electrons. The Morgan fingerprint density at radius 2 is 2.02 bits per heavy atom. The van der Waals surface area contributed by atoms with Crippen LogP contribution >= 0.6 is 11.6 Å². The van der Waals surface area contributed by atoms with Crippen molar-refractivity contribution in [2.75, 3.05) is 44.2 Å². The van der Waals surface area contributed by atoms with Crippen molar-refractivity contribution in [2.45, 2.75) is 77.2 Å². The number of methoxy groups -OCH3 is 2. The molecule has 1 N–H and O–H groups in total. The Morgan fingerprint density at radius 3 is 2.67 bits per heavy atom. The number of pyridine rings is 2. The summed E-state index contributed by atoms with van der Waals surface area (Å²) in [6, 6.07) is 3.36. The van der Waals surface area contributed by atoms with Gasteiger partial charge in [-0.1, -0.05) is 32.4 Å². The number of aromatic nitrogens is 2. The maximum absolute atomic E-state index is 13.5. The first-order valence-electron chi connectivity index (χ1n) is 13.6. The Bertz CT molecular complexity index is 1200. The zero-order valence-electron chi connectivity index (χ0n) is 24.5. The average molecular weight is 593 g/mol. The highest BCUT2D eigenvalue weighted by atomic mass is 35.5. The third-order valence-electron chi connectivity index (χ3n) is 7.80. The van der Waals surface area contributed by atoms with Crippen molar-refractivity contribution in [3.8, 4) is 5.75 Å². The minimum atomic E-state index is -2.01. The summed E-state index contributed by atoms with van der Waals surface area (Å²) >= 11 is 6.30. The van der Waals surface area contributed by atoms with Crippen LogP contribution in [0, 0.1) is 0 Å². The molecule has 0 bridgehead atoms. The first-order chi connectivity index (χ1) is 18.9. The number of carbonyl (C=O) groups excluding carboxylic acids is 1. The third kappa shape index (κ3) is 6.95. The number of anilines is 2. The van der Waals surface area contributed by atoms with Crippen molar-refractivity contribution in [1.82, 2.24) is 9.97 Å². The fraction of sp³-hybridized carbons (Fsp3) is 0.607. The van der Waals surface area contributed by atoms with Gasteiger partial charge in [-0.15, -0.1) is 0 Å². The lowest BCUT2D eigenvalue weighted by molar-refractivity contribution is -0.109. The Balaban J connectivity index is 1.59. The summed E-state index contributed by atoms with van der Waals surface area (Å²) in [7, 11) is 1.13. The molecule has 0 aliphatic carbocycles. The van der Waals surface area contributed by atoms with Gasteiger partial charge in [-0.3, -0.25) is 10.2 Å². The molecule has 10 nitrogen and oxygen atoms in total. The maximum Gasteiger partial charge on any atom is 0.328 e. The fourth-order valence-corrected chi connectivity index (χ4v) is 5.51. The highest BCUT2D eigenvalue weighted by Gasteiger charge is 2.38. The minimum absolute atomic E-state index is 0.0666. The van der Waals surface area contributed by atoms with E-state index in [2.05, 4.69) is 50.2 Å². The van der Waals surface area contributed by atoms with Gasteiger partial charge in [0.25, 0.3) is 0 Å². The van der Waals surface area contributed by atoms with E-state index in [1.54, 1.807) is 25.2 Å². The number of ether oxygens (including phenoxy) is 4. The lowest BCUT2D eigenvalue weighted by atomic mass is 10.0. The Kier molecular flexibility index (Phi) is 9.74. The molecule has 1 fully saturated rings. The van der Waals surface area contributed by atoms with Gasteiger partial charge in [-0.05, 0) is 42.6 Å². The molecule has 0 spiro atoms. The zero-order chi connectivity index (χ0) is 29.1. The molecule has 2 aliphatic heterocycles. The van der Waals surface area contributed by atoms with Crippen molar-refractivity contribution in [3.63, 3.8) is 0 Å². The number of aryl methyl sites for hydroxylation is 1. The van der Waals surface area contributed by atoms with E-state index in [1.807, 2.05) is 0 Å². The molecule has 2 amide bonds. The van der Waals surface area contributed by atoms with Crippen LogP contribution in [0.3, 0.4) is 0 Å². The van der Waals surface area contributed by atoms with Crippen molar-refractivity contribution >= 4 is 37.6 Å². The number of nitrogens with one attached hydrogen (secondary N) is 1. The number of hydrogen-bond acceptors (Lipinski definition) is 8. The van der Waals surface area contributed by atoms with Crippen LogP contribution in [0.4, 0.5) is 16.4 Å². The second-order valence-corrected chi connectivity index (χ2v) is 16.9. The molecule has 0 unspecified atom stereocenters. The summed E-state index contributed by atoms with van der Waals surface area (Å²) in [5.41, 5.74) is 2.47. The van der Waals surface area contributed by atoms with Gasteiger partial charge in [0.05, 0.1) is 26.0 Å². The predicted octanol–water partition coefficient (Wildman–Crippen LogP) is 6.10. The Morgan fingerprint density at radius 1 is 1.27 bits per heavy atom. The number of fused-ring (bicyclic) bond motifs is 1. The monoisotopic (exact) mass is 592 g/mol. The van der Waals surface area contributed by atoms with Crippen molar-refractivity contribution in [1.29, 1.82) is 0 Å². The molecule has 2 aliphatic rings. The van der Waals surface area contributed by atoms with E-state index >= 15 is 0 Å². The molecule has 1 saturated heterocycles. The highest BCUT2D eigenvalue weighted by Crippen LogP contribution is 2.38. The second kappa shape index (κ2) is 12.7. The molecule has 4 heterocycles. The summed E-state index contributed by atoms with van der Waals surface area (Å²) < 4.78 is 29.1. The molecule has 220 valence electrons. The fourth-order valence-electron chi connectivity index (χ4n) is 4.41. The number of rotatable bonds is 9. The molecule has 2 aromatic heterocycles. The smallest absolute Gasteiger partial charge is 0.328 e. The van der Waals surface area contributed by atoms with Crippen LogP contribution < -0.4 is 15.0 Å². The van der Waals surface area contributed by atoms with Crippen LogP contribution in [-0.2, 0) is 31.7 Å². The number of hydrogen-bond donors (Lipinski definition) is 1. The third-order valence-corrected chi connectivity index (χ3v) is 12.6. The second-order valence-electron chi connectivity index (χ2n) is 11.7. The number of urea groups is 1. The van der Waals surface area contributed by atoms with E-state index in [0.29, 0.717) is 54.5 Å². The molecule has 4 rings (SSSR count). The van der Waals surface area contributed by atoms with Crippen molar-refractivity contribution in [3.05, 3.63) is 40.2 Å². The lowest BCUT2D eigenvalue weighted by Crippen LogP contribution is -2.41. The zero-order valence-corrected chi connectivity index (χ0v) is 26.3. The van der Waals surface area contributed by atoms with Crippen LogP contribution in [0.5, 0.6) is 5.75 Å². The van der Waals surface area contributed by atoms with Gasteiger partial charge in [-0.25, -0.2) is 14.8 Å². The molecule has 40 heavy (non-hydrogen) atoms. The average Bonchev–Trinajstić information content (AvgIpc) is 3.42. The van der Waals surface area contributed by atoms with Gasteiger partial charge < -0.3 is 23.4 Å².